The molecule has 160 valence electrons. The summed E-state index contributed by atoms with van der Waals surface area (Å²) < 4.78 is 0. The van der Waals surface area contributed by atoms with Crippen molar-refractivity contribution in [2.24, 2.45) is 0 Å². The zero-order valence-electron chi connectivity index (χ0n) is 18.0. The topological polar surface area (TPSA) is 86.9 Å². The number of aromatic amines is 1. The second-order valence-corrected chi connectivity index (χ2v) is 8.19. The van der Waals surface area contributed by atoms with Gasteiger partial charge in [0, 0.05) is 34.7 Å². The van der Waals surface area contributed by atoms with Crippen LogP contribution in [-0.2, 0) is 16.0 Å². The van der Waals surface area contributed by atoms with E-state index < -0.39 is 0 Å². The number of carbonyl (C=O) groups is 2. The first kappa shape index (κ1) is 20.0. The van der Waals surface area contributed by atoms with E-state index in [1.54, 1.807) is 6.92 Å². The number of amides is 2. The van der Waals surface area contributed by atoms with Gasteiger partial charge >= 0.3 is 0 Å². The SMILES string of the molecule is CCc1n[nH]c2ccc(NC(=O)C3=C(C)NC(=O)CC3c3ccc4ccccc4c3)cc12. The molecule has 0 saturated heterocycles. The van der Waals surface area contributed by atoms with Crippen LogP contribution in [0, 0.1) is 0 Å². The van der Waals surface area contributed by atoms with E-state index in [0.717, 1.165) is 39.4 Å². The number of benzene rings is 3. The molecule has 1 atom stereocenters. The van der Waals surface area contributed by atoms with Crippen LogP contribution in [0.1, 0.15) is 37.4 Å². The Bertz CT molecular complexity index is 1400. The fraction of sp³-hybridized carbons (Fsp3) is 0.192. The molecule has 1 unspecified atom stereocenters. The summed E-state index contributed by atoms with van der Waals surface area (Å²) in [6.45, 7) is 3.84. The van der Waals surface area contributed by atoms with E-state index in [1.165, 1.54) is 0 Å². The molecule has 6 nitrogen and oxygen atoms in total. The van der Waals surface area contributed by atoms with Gasteiger partial charge in [-0.1, -0.05) is 49.4 Å². The normalized spacial score (nSPS) is 16.4. The second-order valence-electron chi connectivity index (χ2n) is 8.19. The molecule has 4 aromatic rings. The number of H-pyrrole nitrogens is 1. The molecule has 0 bridgehead atoms. The number of fused-ring (bicyclic) bond motifs is 2. The first-order valence-electron chi connectivity index (χ1n) is 10.8. The van der Waals surface area contributed by atoms with Crippen molar-refractivity contribution >= 4 is 39.2 Å². The minimum atomic E-state index is -0.308. The van der Waals surface area contributed by atoms with Gasteiger partial charge in [0.25, 0.3) is 5.91 Å². The molecule has 32 heavy (non-hydrogen) atoms. The number of nitrogens with zero attached hydrogens (tertiary/aromatic N) is 1. The van der Waals surface area contributed by atoms with Crippen molar-refractivity contribution in [2.45, 2.75) is 32.6 Å². The lowest BCUT2D eigenvalue weighted by Gasteiger charge is -2.27. The van der Waals surface area contributed by atoms with Crippen molar-refractivity contribution < 1.29 is 9.59 Å². The molecular formula is C26H24N4O2. The van der Waals surface area contributed by atoms with Gasteiger partial charge in [0.2, 0.25) is 5.91 Å². The molecule has 5 rings (SSSR count). The van der Waals surface area contributed by atoms with Gasteiger partial charge in [-0.2, -0.15) is 5.10 Å². The third-order valence-electron chi connectivity index (χ3n) is 6.12. The zero-order valence-corrected chi connectivity index (χ0v) is 18.0. The standard InChI is InChI=1S/C26H24N4O2/c1-3-22-21-13-19(10-11-23(21)30-29-22)28-26(32)25-15(2)27-24(31)14-20(25)18-9-8-16-6-4-5-7-17(16)12-18/h4-13,20H,3,14H2,1-2H3,(H,27,31)(H,28,32)(H,29,30). The smallest absolute Gasteiger partial charge is 0.253 e. The average molecular weight is 425 g/mol. The maximum atomic E-state index is 13.4. The number of carbonyl (C=O) groups excluding carboxylic acids is 2. The number of hydrogen-bond acceptors (Lipinski definition) is 3. The van der Waals surface area contributed by atoms with E-state index in [-0.39, 0.29) is 24.2 Å². The maximum Gasteiger partial charge on any atom is 0.253 e. The lowest BCUT2D eigenvalue weighted by Crippen LogP contribution is -2.35. The van der Waals surface area contributed by atoms with Gasteiger partial charge < -0.3 is 10.6 Å². The molecule has 1 aromatic heterocycles. The summed E-state index contributed by atoms with van der Waals surface area (Å²) in [4.78, 5) is 25.8. The number of anilines is 1. The Kier molecular flexibility index (Phi) is 4.98. The minimum Gasteiger partial charge on any atom is -0.330 e. The summed E-state index contributed by atoms with van der Waals surface area (Å²) in [7, 11) is 0. The Balaban J connectivity index is 1.50. The third kappa shape index (κ3) is 3.54. The van der Waals surface area contributed by atoms with E-state index in [1.807, 2.05) is 55.5 Å². The van der Waals surface area contributed by atoms with Crippen LogP contribution in [0.4, 0.5) is 5.69 Å². The van der Waals surface area contributed by atoms with E-state index >= 15 is 0 Å². The number of allylic oxidation sites excluding steroid dienone is 1. The maximum absolute atomic E-state index is 13.4. The summed E-state index contributed by atoms with van der Waals surface area (Å²) in [6, 6.07) is 19.9. The summed E-state index contributed by atoms with van der Waals surface area (Å²) in [6.07, 6.45) is 1.04. The molecule has 6 heteroatoms. The predicted molar refractivity (Wildman–Crippen MR) is 126 cm³/mol. The second kappa shape index (κ2) is 7.96. The van der Waals surface area contributed by atoms with Gasteiger partial charge in [-0.15, -0.1) is 0 Å². The summed E-state index contributed by atoms with van der Waals surface area (Å²) in [5.41, 5.74) is 4.74. The van der Waals surface area contributed by atoms with Gasteiger partial charge in [-0.25, -0.2) is 0 Å². The highest BCUT2D eigenvalue weighted by Crippen LogP contribution is 2.35. The molecule has 0 fully saturated rings. The minimum absolute atomic E-state index is 0.0791. The lowest BCUT2D eigenvalue weighted by atomic mass is 9.83. The van der Waals surface area contributed by atoms with Crippen molar-refractivity contribution in [3.05, 3.63) is 83.2 Å². The Labute approximate surface area is 185 Å². The molecule has 2 amide bonds. The molecule has 3 aromatic carbocycles. The summed E-state index contributed by atoms with van der Waals surface area (Å²) in [5.74, 6) is -0.594. The summed E-state index contributed by atoms with van der Waals surface area (Å²) in [5, 5.41) is 16.4. The fourth-order valence-corrected chi connectivity index (χ4v) is 4.53. The fourth-order valence-electron chi connectivity index (χ4n) is 4.53. The van der Waals surface area contributed by atoms with Crippen LogP contribution in [0.3, 0.4) is 0 Å². The van der Waals surface area contributed by atoms with Gasteiger partial charge in [-0.05, 0) is 47.9 Å². The Morgan fingerprint density at radius 3 is 2.72 bits per heavy atom. The molecule has 1 aliphatic rings. The molecule has 0 spiro atoms. The van der Waals surface area contributed by atoms with Crippen molar-refractivity contribution in [3.8, 4) is 0 Å². The van der Waals surface area contributed by atoms with E-state index in [4.69, 9.17) is 0 Å². The molecule has 3 N–H and O–H groups in total. The predicted octanol–water partition coefficient (Wildman–Crippen LogP) is 4.79. The van der Waals surface area contributed by atoms with E-state index in [9.17, 15) is 9.59 Å². The van der Waals surface area contributed by atoms with Crippen LogP contribution in [0.2, 0.25) is 0 Å². The van der Waals surface area contributed by atoms with Gasteiger partial charge in [0.15, 0.2) is 0 Å². The Hall–Kier alpha value is -3.93. The molecule has 1 aliphatic heterocycles. The highest BCUT2D eigenvalue weighted by molar-refractivity contribution is 6.08. The molecule has 0 aliphatic carbocycles. The van der Waals surface area contributed by atoms with Crippen LogP contribution in [0.15, 0.2) is 71.9 Å². The summed E-state index contributed by atoms with van der Waals surface area (Å²) >= 11 is 0. The van der Waals surface area contributed by atoms with Crippen LogP contribution in [-0.4, -0.2) is 22.0 Å². The molecular weight excluding hydrogens is 400 g/mol. The third-order valence-corrected chi connectivity index (χ3v) is 6.12. The number of aryl methyl sites for hydroxylation is 1. The highest BCUT2D eigenvalue weighted by atomic mass is 16.2. The first-order valence-corrected chi connectivity index (χ1v) is 10.8. The highest BCUT2D eigenvalue weighted by Gasteiger charge is 2.32. The van der Waals surface area contributed by atoms with E-state index in [2.05, 4.69) is 33.0 Å². The van der Waals surface area contributed by atoms with Crippen LogP contribution < -0.4 is 10.6 Å². The zero-order chi connectivity index (χ0) is 22.2. The van der Waals surface area contributed by atoms with Crippen LogP contribution in [0.5, 0.6) is 0 Å². The number of hydrogen-bond donors (Lipinski definition) is 3. The van der Waals surface area contributed by atoms with Crippen molar-refractivity contribution in [1.29, 1.82) is 0 Å². The van der Waals surface area contributed by atoms with E-state index in [0.29, 0.717) is 17.0 Å². The number of aromatic nitrogens is 2. The molecule has 0 radical (unpaired) electrons. The van der Waals surface area contributed by atoms with Crippen molar-refractivity contribution in [2.75, 3.05) is 5.32 Å². The van der Waals surface area contributed by atoms with Crippen LogP contribution >= 0.6 is 0 Å². The van der Waals surface area contributed by atoms with Gasteiger partial charge in [0.1, 0.15) is 0 Å². The molecule has 0 saturated carbocycles. The lowest BCUT2D eigenvalue weighted by molar-refractivity contribution is -0.121. The monoisotopic (exact) mass is 424 g/mol. The largest absolute Gasteiger partial charge is 0.330 e. The Morgan fingerprint density at radius 2 is 1.91 bits per heavy atom. The number of nitrogens with one attached hydrogen (secondary N) is 3. The number of rotatable bonds is 4. The van der Waals surface area contributed by atoms with Crippen LogP contribution in [0.25, 0.3) is 21.7 Å². The van der Waals surface area contributed by atoms with Crippen molar-refractivity contribution in [3.63, 3.8) is 0 Å². The average Bonchev–Trinajstić information content (AvgIpc) is 3.20. The molecule has 2 heterocycles. The first-order chi connectivity index (χ1) is 15.5. The Morgan fingerprint density at radius 1 is 1.09 bits per heavy atom. The van der Waals surface area contributed by atoms with Gasteiger partial charge in [-0.3, -0.25) is 14.7 Å². The van der Waals surface area contributed by atoms with Crippen molar-refractivity contribution in [1.82, 2.24) is 15.5 Å². The van der Waals surface area contributed by atoms with Gasteiger partial charge in [0.05, 0.1) is 11.2 Å². The quantitative estimate of drug-likeness (QED) is 0.440.